The van der Waals surface area contributed by atoms with E-state index < -0.39 is 18.2 Å². The summed E-state index contributed by atoms with van der Waals surface area (Å²) >= 11 is 0. The number of allylic oxidation sites excluding steroid dienone is 1. The lowest BCUT2D eigenvalue weighted by molar-refractivity contribution is -0.146. The largest absolute Gasteiger partial charge is 0.492 e. The van der Waals surface area contributed by atoms with Crippen LogP contribution in [0.2, 0.25) is 0 Å². The van der Waals surface area contributed by atoms with Gasteiger partial charge in [-0.05, 0) is 39.3 Å². The number of esters is 1. The molecule has 0 saturated carbocycles. The van der Waals surface area contributed by atoms with Crippen molar-refractivity contribution in [1.29, 1.82) is 0 Å². The maximum atomic E-state index is 12.3. The van der Waals surface area contributed by atoms with Gasteiger partial charge in [0.15, 0.2) is 29.5 Å². The van der Waals surface area contributed by atoms with Gasteiger partial charge in [-0.1, -0.05) is 12.7 Å². The molecule has 140 valence electrons. The summed E-state index contributed by atoms with van der Waals surface area (Å²) in [5.41, 5.74) is 2.05. The number of hydrogen-bond acceptors (Lipinski definition) is 6. The first-order chi connectivity index (χ1) is 12.3. The van der Waals surface area contributed by atoms with Gasteiger partial charge in [0.25, 0.3) is 0 Å². The quantitative estimate of drug-likeness (QED) is 0.333. The molecule has 1 aromatic rings. The molecule has 1 aliphatic heterocycles. The minimum Gasteiger partial charge on any atom is -0.492 e. The fraction of sp³-hybridized carbons (Fsp3) is 0.400. The second-order valence-electron chi connectivity index (χ2n) is 6.15. The molecule has 2 rings (SSSR count). The highest BCUT2D eigenvalue weighted by Crippen LogP contribution is 2.52. The third kappa shape index (κ3) is 3.31. The lowest BCUT2D eigenvalue weighted by Gasteiger charge is -2.19. The predicted octanol–water partition coefficient (Wildman–Crippen LogP) is 3.79. The van der Waals surface area contributed by atoms with Gasteiger partial charge in [0.05, 0.1) is 19.8 Å². The third-order valence-corrected chi connectivity index (χ3v) is 4.31. The fourth-order valence-corrected chi connectivity index (χ4v) is 2.79. The van der Waals surface area contributed by atoms with Gasteiger partial charge in [-0.25, -0.2) is 4.79 Å². The second kappa shape index (κ2) is 7.64. The van der Waals surface area contributed by atoms with Crippen LogP contribution in [0.15, 0.2) is 29.9 Å². The van der Waals surface area contributed by atoms with E-state index in [2.05, 4.69) is 6.58 Å². The maximum Gasteiger partial charge on any atom is 0.334 e. The molecular weight excluding hydrogens is 336 g/mol. The molecule has 0 bridgehead atoms. The van der Waals surface area contributed by atoms with Crippen molar-refractivity contribution in [2.24, 2.45) is 0 Å². The van der Waals surface area contributed by atoms with Crippen molar-refractivity contribution >= 4 is 11.8 Å². The van der Waals surface area contributed by atoms with Crippen LogP contribution in [0.3, 0.4) is 0 Å². The summed E-state index contributed by atoms with van der Waals surface area (Å²) in [4.78, 5) is 24.4. The summed E-state index contributed by atoms with van der Waals surface area (Å²) in [7, 11) is 2.92. The Balaban J connectivity index is 2.65. The molecule has 0 fully saturated rings. The highest BCUT2D eigenvalue weighted by atomic mass is 16.6. The first kappa shape index (κ1) is 19.6. The standard InChI is InChI=1S/C20H24O6/c1-8-11(4)20(22)26-17-14-9-13(12(5)21)16(23-6)19(24-7)18(14)25-15(17)10(2)3/h8-9,15,17H,2H2,1,3-7H3/t15-,17-/m1/s1. The van der Waals surface area contributed by atoms with Crippen LogP contribution in [-0.2, 0) is 9.53 Å². The summed E-state index contributed by atoms with van der Waals surface area (Å²) in [6.07, 6.45) is 0.354. The van der Waals surface area contributed by atoms with Crippen LogP contribution in [0.5, 0.6) is 17.2 Å². The van der Waals surface area contributed by atoms with Gasteiger partial charge in [0, 0.05) is 11.1 Å². The Kier molecular flexibility index (Phi) is 5.75. The highest BCUT2D eigenvalue weighted by Gasteiger charge is 2.42. The van der Waals surface area contributed by atoms with E-state index in [0.717, 1.165) is 0 Å². The Morgan fingerprint density at radius 2 is 1.77 bits per heavy atom. The van der Waals surface area contributed by atoms with Crippen LogP contribution in [0.4, 0.5) is 0 Å². The zero-order valence-electron chi connectivity index (χ0n) is 16.0. The Hall–Kier alpha value is -2.76. The molecule has 0 aliphatic carbocycles. The molecule has 0 unspecified atom stereocenters. The molecule has 6 heteroatoms. The number of benzene rings is 1. The number of Topliss-reactive ketones (excluding diaryl/α,β-unsaturated/α-hetero) is 1. The Morgan fingerprint density at radius 3 is 2.23 bits per heavy atom. The molecule has 0 saturated heterocycles. The van der Waals surface area contributed by atoms with Crippen LogP contribution in [0.1, 0.15) is 49.7 Å². The van der Waals surface area contributed by atoms with Crippen molar-refractivity contribution in [3.05, 3.63) is 41.0 Å². The Bertz CT molecular complexity index is 790. The minimum atomic E-state index is -0.734. The average molecular weight is 360 g/mol. The van der Waals surface area contributed by atoms with Crippen LogP contribution in [0, 0.1) is 0 Å². The molecule has 0 aromatic heterocycles. The van der Waals surface area contributed by atoms with Crippen molar-refractivity contribution in [2.75, 3.05) is 14.2 Å². The van der Waals surface area contributed by atoms with E-state index >= 15 is 0 Å². The highest BCUT2D eigenvalue weighted by molar-refractivity contribution is 5.99. The molecule has 0 amide bonds. The summed E-state index contributed by atoms with van der Waals surface area (Å²) in [5.74, 6) is 0.313. The second-order valence-corrected chi connectivity index (χ2v) is 6.15. The SMILES string of the molecule is C=C(C)[C@H]1Oc2c(cc(C(C)=O)c(OC)c2OC)[C@H]1OC(=O)C(C)=CC. The van der Waals surface area contributed by atoms with Crippen molar-refractivity contribution in [1.82, 2.24) is 0 Å². The van der Waals surface area contributed by atoms with Gasteiger partial charge in [-0.2, -0.15) is 0 Å². The van der Waals surface area contributed by atoms with E-state index in [1.165, 1.54) is 21.1 Å². The molecule has 0 radical (unpaired) electrons. The number of carbonyl (C=O) groups is 2. The van der Waals surface area contributed by atoms with Crippen molar-refractivity contribution in [3.8, 4) is 17.2 Å². The molecule has 0 spiro atoms. The number of hydrogen-bond donors (Lipinski definition) is 0. The predicted molar refractivity (Wildman–Crippen MR) is 97.0 cm³/mol. The molecule has 0 N–H and O–H groups in total. The van der Waals surface area contributed by atoms with Crippen LogP contribution in [0.25, 0.3) is 0 Å². The van der Waals surface area contributed by atoms with Crippen LogP contribution < -0.4 is 14.2 Å². The third-order valence-electron chi connectivity index (χ3n) is 4.31. The van der Waals surface area contributed by atoms with Gasteiger partial charge in [-0.15, -0.1) is 0 Å². The molecular formula is C20H24O6. The van der Waals surface area contributed by atoms with Crippen molar-refractivity contribution in [3.63, 3.8) is 0 Å². The molecule has 1 heterocycles. The fourth-order valence-electron chi connectivity index (χ4n) is 2.79. The summed E-state index contributed by atoms with van der Waals surface area (Å²) < 4.78 is 22.4. The van der Waals surface area contributed by atoms with E-state index in [1.54, 1.807) is 32.9 Å². The van der Waals surface area contributed by atoms with E-state index in [9.17, 15) is 9.59 Å². The van der Waals surface area contributed by atoms with Gasteiger partial charge in [-0.3, -0.25) is 4.79 Å². The molecule has 6 nitrogen and oxygen atoms in total. The molecule has 26 heavy (non-hydrogen) atoms. The first-order valence-corrected chi connectivity index (χ1v) is 8.22. The molecule has 2 atom stereocenters. The average Bonchev–Trinajstić information content (AvgIpc) is 2.97. The monoisotopic (exact) mass is 360 g/mol. The van der Waals surface area contributed by atoms with E-state index in [0.29, 0.717) is 33.8 Å². The number of rotatable bonds is 6. The lowest BCUT2D eigenvalue weighted by Crippen LogP contribution is -2.24. The molecule has 1 aromatic carbocycles. The number of ketones is 1. The number of ether oxygens (including phenoxy) is 4. The maximum absolute atomic E-state index is 12.3. The van der Waals surface area contributed by atoms with E-state index in [-0.39, 0.29) is 11.5 Å². The topological polar surface area (TPSA) is 71.1 Å². The zero-order valence-corrected chi connectivity index (χ0v) is 16.0. The first-order valence-electron chi connectivity index (χ1n) is 8.22. The van der Waals surface area contributed by atoms with Crippen molar-refractivity contribution < 1.29 is 28.5 Å². The van der Waals surface area contributed by atoms with E-state index in [1.807, 2.05) is 0 Å². The van der Waals surface area contributed by atoms with Crippen molar-refractivity contribution in [2.45, 2.75) is 39.9 Å². The number of methoxy groups -OCH3 is 2. The normalized spacial score (nSPS) is 18.6. The zero-order chi connectivity index (χ0) is 19.6. The number of carbonyl (C=O) groups excluding carboxylic acids is 2. The van der Waals surface area contributed by atoms with E-state index in [4.69, 9.17) is 18.9 Å². The summed E-state index contributed by atoms with van der Waals surface area (Å²) in [6, 6.07) is 1.63. The number of fused-ring (bicyclic) bond motifs is 1. The van der Waals surface area contributed by atoms with Crippen LogP contribution >= 0.6 is 0 Å². The summed E-state index contributed by atoms with van der Waals surface area (Å²) in [6.45, 7) is 10.6. The van der Waals surface area contributed by atoms with Gasteiger partial charge < -0.3 is 18.9 Å². The summed E-state index contributed by atoms with van der Waals surface area (Å²) in [5, 5.41) is 0. The van der Waals surface area contributed by atoms with Gasteiger partial charge >= 0.3 is 5.97 Å². The Morgan fingerprint density at radius 1 is 1.15 bits per heavy atom. The lowest BCUT2D eigenvalue weighted by atomic mass is 9.98. The van der Waals surface area contributed by atoms with Crippen LogP contribution in [-0.4, -0.2) is 32.1 Å². The molecule has 1 aliphatic rings. The minimum absolute atomic E-state index is 0.198. The Labute approximate surface area is 153 Å². The van der Waals surface area contributed by atoms with Gasteiger partial charge in [0.1, 0.15) is 0 Å². The smallest absolute Gasteiger partial charge is 0.334 e. The van der Waals surface area contributed by atoms with Gasteiger partial charge in [0.2, 0.25) is 5.75 Å².